The van der Waals surface area contributed by atoms with Crippen molar-refractivity contribution < 1.29 is 28.5 Å². The van der Waals surface area contributed by atoms with Crippen LogP contribution in [-0.2, 0) is 28.5 Å². The van der Waals surface area contributed by atoms with Crippen molar-refractivity contribution in [2.24, 2.45) is 5.41 Å². The SMILES string of the molecule is CCOC(=O)C=C1NC2(CCCCC2)CC12C(OC)=CC(=C(C#N)C(=O)OCC)C=C2OC. The van der Waals surface area contributed by atoms with Gasteiger partial charge in [-0.15, -0.1) is 0 Å². The topological polar surface area (TPSA) is 107 Å². The van der Waals surface area contributed by atoms with Crippen molar-refractivity contribution in [3.63, 3.8) is 0 Å². The molecule has 1 N–H and O–H groups in total. The Morgan fingerprint density at radius 2 is 1.67 bits per heavy atom. The van der Waals surface area contributed by atoms with Crippen molar-refractivity contribution in [2.45, 2.75) is 57.9 Å². The Hall–Kier alpha value is -3.21. The van der Waals surface area contributed by atoms with E-state index in [1.165, 1.54) is 26.7 Å². The minimum atomic E-state index is -0.896. The van der Waals surface area contributed by atoms with Gasteiger partial charge in [-0.2, -0.15) is 5.26 Å². The Morgan fingerprint density at radius 3 is 2.18 bits per heavy atom. The number of nitrogens with zero attached hydrogens (tertiary/aromatic N) is 1. The molecule has 33 heavy (non-hydrogen) atoms. The number of methoxy groups -OCH3 is 2. The molecular formula is C25H32N2O6. The third-order valence-corrected chi connectivity index (χ3v) is 6.56. The fourth-order valence-electron chi connectivity index (χ4n) is 5.20. The van der Waals surface area contributed by atoms with Gasteiger partial charge in [0, 0.05) is 22.9 Å². The van der Waals surface area contributed by atoms with Crippen LogP contribution in [0.2, 0.25) is 0 Å². The second-order valence-corrected chi connectivity index (χ2v) is 8.45. The molecule has 1 saturated heterocycles. The van der Waals surface area contributed by atoms with Crippen molar-refractivity contribution in [3.8, 4) is 6.07 Å². The zero-order valence-corrected chi connectivity index (χ0v) is 19.8. The molecule has 0 bridgehead atoms. The highest BCUT2D eigenvalue weighted by Crippen LogP contribution is 2.58. The van der Waals surface area contributed by atoms with Crippen LogP contribution in [-0.4, -0.2) is 44.9 Å². The van der Waals surface area contributed by atoms with Crippen molar-refractivity contribution in [1.82, 2.24) is 5.32 Å². The predicted octanol–water partition coefficient (Wildman–Crippen LogP) is 3.57. The molecule has 1 heterocycles. The summed E-state index contributed by atoms with van der Waals surface area (Å²) in [6.45, 7) is 3.86. The normalized spacial score (nSPS) is 24.5. The standard InChI is InChI=1S/C25H32N2O6/c1-5-32-22(28)14-19-25(16-24(27-19)10-8-7-9-11-24)20(30-3)12-17(13-21(25)31-4)18(15-26)23(29)33-6-2/h12-14,27H,5-11,16H2,1-4H3. The van der Waals surface area contributed by atoms with E-state index in [1.54, 1.807) is 26.0 Å². The molecule has 1 saturated carbocycles. The largest absolute Gasteiger partial charge is 0.500 e. The molecule has 3 aliphatic rings. The zero-order chi connectivity index (χ0) is 24.1. The smallest absolute Gasteiger partial charge is 0.349 e. The summed E-state index contributed by atoms with van der Waals surface area (Å²) < 4.78 is 21.9. The van der Waals surface area contributed by atoms with E-state index in [0.717, 1.165) is 25.7 Å². The first-order chi connectivity index (χ1) is 15.9. The van der Waals surface area contributed by atoms with E-state index in [-0.39, 0.29) is 24.3 Å². The van der Waals surface area contributed by atoms with Gasteiger partial charge < -0.3 is 24.3 Å². The molecule has 0 unspecified atom stereocenters. The van der Waals surface area contributed by atoms with Gasteiger partial charge in [0.1, 0.15) is 28.6 Å². The summed E-state index contributed by atoms with van der Waals surface area (Å²) in [4.78, 5) is 24.9. The quantitative estimate of drug-likeness (QED) is 0.367. The van der Waals surface area contributed by atoms with Gasteiger partial charge in [-0.05, 0) is 45.3 Å². The van der Waals surface area contributed by atoms with E-state index in [9.17, 15) is 14.9 Å². The van der Waals surface area contributed by atoms with Gasteiger partial charge in [-0.3, -0.25) is 0 Å². The van der Waals surface area contributed by atoms with Gasteiger partial charge in [0.15, 0.2) is 0 Å². The minimum absolute atomic E-state index is 0.134. The molecule has 2 aliphatic carbocycles. The first-order valence-electron chi connectivity index (χ1n) is 11.4. The summed E-state index contributed by atoms with van der Waals surface area (Å²) in [7, 11) is 3.07. The maximum Gasteiger partial charge on any atom is 0.349 e. The molecule has 0 aromatic rings. The second-order valence-electron chi connectivity index (χ2n) is 8.45. The molecule has 0 radical (unpaired) electrons. The fourth-order valence-corrected chi connectivity index (χ4v) is 5.20. The van der Waals surface area contributed by atoms with Crippen LogP contribution < -0.4 is 5.32 Å². The number of hydrogen-bond donors (Lipinski definition) is 1. The summed E-state index contributed by atoms with van der Waals surface area (Å²) in [5, 5.41) is 13.3. The lowest BCUT2D eigenvalue weighted by atomic mass is 9.69. The number of ether oxygens (including phenoxy) is 4. The number of allylic oxidation sites excluding steroid dienone is 3. The Balaban J connectivity index is 2.20. The highest BCUT2D eigenvalue weighted by molar-refractivity contribution is 5.95. The van der Waals surface area contributed by atoms with E-state index in [0.29, 0.717) is 29.2 Å². The number of nitrogens with one attached hydrogen (secondary N) is 1. The second kappa shape index (κ2) is 10.2. The number of carbonyl (C=O) groups excluding carboxylic acids is 2. The van der Waals surface area contributed by atoms with E-state index in [2.05, 4.69) is 5.32 Å². The van der Waals surface area contributed by atoms with Gasteiger partial charge >= 0.3 is 11.9 Å². The average Bonchev–Trinajstić information content (AvgIpc) is 3.09. The summed E-state index contributed by atoms with van der Waals surface area (Å²) in [5.74, 6) is -0.192. The molecule has 2 spiro atoms. The van der Waals surface area contributed by atoms with Crippen molar-refractivity contribution in [3.05, 3.63) is 46.6 Å². The highest BCUT2D eigenvalue weighted by atomic mass is 16.5. The Bertz CT molecular complexity index is 936. The van der Waals surface area contributed by atoms with Gasteiger partial charge in [-0.1, -0.05) is 19.3 Å². The Morgan fingerprint density at radius 1 is 1.06 bits per heavy atom. The maximum absolute atomic E-state index is 12.5. The van der Waals surface area contributed by atoms with Crippen molar-refractivity contribution >= 4 is 11.9 Å². The van der Waals surface area contributed by atoms with E-state index >= 15 is 0 Å². The number of hydrogen-bond acceptors (Lipinski definition) is 8. The average molecular weight is 457 g/mol. The van der Waals surface area contributed by atoms with Gasteiger partial charge in [0.05, 0.1) is 27.4 Å². The fraction of sp³-hybridized carbons (Fsp3) is 0.560. The molecule has 0 amide bonds. The summed E-state index contributed by atoms with van der Waals surface area (Å²) in [6, 6.07) is 1.94. The Labute approximate surface area is 194 Å². The Kier molecular flexibility index (Phi) is 7.52. The van der Waals surface area contributed by atoms with Crippen LogP contribution in [0.4, 0.5) is 0 Å². The lowest BCUT2D eigenvalue weighted by Crippen LogP contribution is -2.41. The molecule has 0 aromatic carbocycles. The molecule has 8 heteroatoms. The van der Waals surface area contributed by atoms with E-state index in [4.69, 9.17) is 18.9 Å². The molecule has 178 valence electrons. The zero-order valence-electron chi connectivity index (χ0n) is 19.8. The molecule has 1 aliphatic heterocycles. The first-order valence-corrected chi connectivity index (χ1v) is 11.4. The van der Waals surface area contributed by atoms with Crippen LogP contribution in [0.1, 0.15) is 52.4 Å². The summed E-state index contributed by atoms with van der Waals surface area (Å²) >= 11 is 0. The maximum atomic E-state index is 12.5. The van der Waals surface area contributed by atoms with Crippen molar-refractivity contribution in [1.29, 1.82) is 5.26 Å². The third-order valence-electron chi connectivity index (χ3n) is 6.56. The van der Waals surface area contributed by atoms with E-state index in [1.807, 2.05) is 6.07 Å². The lowest BCUT2D eigenvalue weighted by Gasteiger charge is -2.38. The predicted molar refractivity (Wildman–Crippen MR) is 120 cm³/mol. The number of esters is 2. The molecular weight excluding hydrogens is 424 g/mol. The van der Waals surface area contributed by atoms with Crippen LogP contribution >= 0.6 is 0 Å². The van der Waals surface area contributed by atoms with Gasteiger partial charge in [-0.25, -0.2) is 9.59 Å². The third kappa shape index (κ3) is 4.50. The molecule has 2 fully saturated rings. The van der Waals surface area contributed by atoms with Crippen molar-refractivity contribution in [2.75, 3.05) is 27.4 Å². The summed E-state index contributed by atoms with van der Waals surface area (Å²) in [5.41, 5.74) is -0.267. The highest BCUT2D eigenvalue weighted by Gasteiger charge is 2.58. The number of carbonyl (C=O) groups is 2. The molecule has 0 atom stereocenters. The van der Waals surface area contributed by atoms with Crippen LogP contribution in [0.3, 0.4) is 0 Å². The van der Waals surface area contributed by atoms with Crippen LogP contribution in [0.5, 0.6) is 0 Å². The first kappa shape index (κ1) is 24.4. The minimum Gasteiger partial charge on any atom is -0.500 e. The number of nitriles is 1. The van der Waals surface area contributed by atoms with Gasteiger partial charge in [0.2, 0.25) is 0 Å². The van der Waals surface area contributed by atoms with E-state index < -0.39 is 17.4 Å². The molecule has 3 rings (SSSR count). The molecule has 8 nitrogen and oxygen atoms in total. The van der Waals surface area contributed by atoms with Crippen LogP contribution in [0, 0.1) is 16.7 Å². The molecule has 0 aromatic heterocycles. The lowest BCUT2D eigenvalue weighted by molar-refractivity contribution is -0.138. The monoisotopic (exact) mass is 456 g/mol. The van der Waals surface area contributed by atoms with Crippen LogP contribution in [0.25, 0.3) is 0 Å². The van der Waals surface area contributed by atoms with Gasteiger partial charge in [0.25, 0.3) is 0 Å². The number of rotatable bonds is 6. The van der Waals surface area contributed by atoms with Crippen LogP contribution in [0.15, 0.2) is 46.6 Å². The summed E-state index contributed by atoms with van der Waals surface area (Å²) in [6.07, 6.45) is 10.7.